The molecule has 5 atom stereocenters. The van der Waals surface area contributed by atoms with Crippen molar-refractivity contribution in [2.75, 3.05) is 0 Å². The maximum Gasteiger partial charge on any atom is 0.306 e. The van der Waals surface area contributed by atoms with Crippen LogP contribution >= 0.6 is 23.2 Å². The van der Waals surface area contributed by atoms with E-state index in [1.807, 2.05) is 6.07 Å². The molecule has 10 heteroatoms. The summed E-state index contributed by atoms with van der Waals surface area (Å²) in [7, 11) is -3.66. The van der Waals surface area contributed by atoms with Crippen molar-refractivity contribution >= 4 is 44.9 Å². The highest BCUT2D eigenvalue weighted by Crippen LogP contribution is 2.47. The molecule has 1 aliphatic heterocycles. The van der Waals surface area contributed by atoms with Crippen LogP contribution in [0.5, 0.6) is 0 Å². The van der Waals surface area contributed by atoms with Crippen molar-refractivity contribution in [2.24, 2.45) is 0 Å². The number of carboxylic acids is 1. The van der Waals surface area contributed by atoms with Crippen molar-refractivity contribution in [3.05, 3.63) is 69.7 Å². The molecular weight excluding hydrogens is 549 g/mol. The van der Waals surface area contributed by atoms with Crippen LogP contribution in [-0.2, 0) is 24.2 Å². The molecule has 0 bridgehead atoms. The van der Waals surface area contributed by atoms with Gasteiger partial charge in [-0.05, 0) is 69.0 Å². The van der Waals surface area contributed by atoms with Gasteiger partial charge in [0.1, 0.15) is 12.2 Å². The summed E-state index contributed by atoms with van der Waals surface area (Å²) in [6.45, 7) is 5.02. The number of morpholine rings is 1. The van der Waals surface area contributed by atoms with Crippen LogP contribution in [0, 0.1) is 0 Å². The summed E-state index contributed by atoms with van der Waals surface area (Å²) >= 11 is 12.5. The fourth-order valence-electron chi connectivity index (χ4n) is 5.57. The first-order valence-electron chi connectivity index (χ1n) is 12.7. The van der Waals surface area contributed by atoms with Gasteiger partial charge in [0.15, 0.2) is 9.84 Å². The molecule has 2 aromatic carbocycles. The molecular formula is C28H33Cl2NO6S. The smallest absolute Gasteiger partial charge is 0.306 e. The predicted octanol–water partition coefficient (Wildman–Crippen LogP) is 6.00. The number of carbonyl (C=O) groups excluding carboxylic acids is 1. The van der Waals surface area contributed by atoms with Gasteiger partial charge in [0.05, 0.1) is 22.5 Å². The minimum Gasteiger partial charge on any atom is -0.481 e. The van der Waals surface area contributed by atoms with Gasteiger partial charge in [0, 0.05) is 16.1 Å². The van der Waals surface area contributed by atoms with Crippen LogP contribution in [-0.4, -0.2) is 52.4 Å². The molecule has 7 nitrogen and oxygen atoms in total. The number of ether oxygens (including phenoxy) is 1. The largest absolute Gasteiger partial charge is 0.481 e. The average Bonchev–Trinajstić information content (AvgIpc) is 2.84. The minimum atomic E-state index is -3.66. The summed E-state index contributed by atoms with van der Waals surface area (Å²) < 4.78 is 32.8. The van der Waals surface area contributed by atoms with E-state index in [1.54, 1.807) is 68.1 Å². The van der Waals surface area contributed by atoms with Gasteiger partial charge >= 0.3 is 5.97 Å². The van der Waals surface area contributed by atoms with Crippen LogP contribution in [0.4, 0.5) is 0 Å². The second kappa shape index (κ2) is 11.2. The first-order chi connectivity index (χ1) is 17.8. The van der Waals surface area contributed by atoms with Crippen LogP contribution in [0.2, 0.25) is 10.0 Å². The lowest BCUT2D eigenvalue weighted by molar-refractivity contribution is -0.184. The fourth-order valence-corrected chi connectivity index (χ4v) is 7.96. The monoisotopic (exact) mass is 581 g/mol. The van der Waals surface area contributed by atoms with Gasteiger partial charge in [-0.25, -0.2) is 8.42 Å². The molecule has 1 heterocycles. The Hall–Kier alpha value is -2.13. The van der Waals surface area contributed by atoms with E-state index >= 15 is 0 Å². The molecule has 0 radical (unpaired) electrons. The second-order valence-electron chi connectivity index (χ2n) is 11.0. The number of carbonyl (C=O) groups is 2. The normalized spacial score (nSPS) is 26.8. The number of aliphatic carboxylic acids is 1. The Balaban J connectivity index is 1.92. The first-order valence-corrected chi connectivity index (χ1v) is 15.1. The Morgan fingerprint density at radius 2 is 1.68 bits per heavy atom. The Labute approximate surface area is 234 Å². The number of carboxylic acid groups (broad SMARTS) is 1. The number of halogens is 2. The highest BCUT2D eigenvalue weighted by atomic mass is 35.5. The van der Waals surface area contributed by atoms with Crippen molar-refractivity contribution < 1.29 is 27.9 Å². The quantitative estimate of drug-likeness (QED) is 0.448. The lowest BCUT2D eigenvalue weighted by Gasteiger charge is -2.51. The van der Waals surface area contributed by atoms with Crippen LogP contribution in [0.3, 0.4) is 0 Å². The molecule has 1 aliphatic carbocycles. The second-order valence-corrected chi connectivity index (χ2v) is 14.8. The summed E-state index contributed by atoms with van der Waals surface area (Å²) in [4.78, 5) is 27.4. The number of amides is 1. The molecule has 0 spiro atoms. The van der Waals surface area contributed by atoms with Gasteiger partial charge in [-0.1, -0.05) is 60.3 Å². The maximum atomic E-state index is 14.1. The van der Waals surface area contributed by atoms with E-state index < -0.39 is 62.4 Å². The standard InChI is InChI=1S/C28H33Cl2NO6S/c1-28(2,3)38(35,36)23-10-5-4-9-21(23)31-25(17-11-13-19(29)14-12-17)26(18-7-6-8-20(30)15-18)37-22(27(31)34)16-24(32)33/h6-8,11-15,21-23,25-26H,4-5,9-10,16H2,1-3H3,(H,32,33)/t21-,22+,23-,25+,26+/m0/s1. The van der Waals surface area contributed by atoms with Gasteiger partial charge in [-0.3, -0.25) is 9.59 Å². The summed E-state index contributed by atoms with van der Waals surface area (Å²) in [5.41, 5.74) is 1.37. The lowest BCUT2D eigenvalue weighted by Crippen LogP contribution is -2.61. The molecule has 1 amide bonds. The number of rotatable bonds is 6. The van der Waals surface area contributed by atoms with Crippen molar-refractivity contribution in [3.8, 4) is 0 Å². The summed E-state index contributed by atoms with van der Waals surface area (Å²) in [5.74, 6) is -1.70. The molecule has 206 valence electrons. The number of hydrogen-bond acceptors (Lipinski definition) is 5. The number of hydrogen-bond donors (Lipinski definition) is 1. The van der Waals surface area contributed by atoms with Crippen molar-refractivity contribution in [2.45, 2.75) is 87.2 Å². The third kappa shape index (κ3) is 5.74. The molecule has 2 aromatic rings. The highest BCUT2D eigenvalue weighted by molar-refractivity contribution is 7.93. The topological polar surface area (TPSA) is 101 Å². The zero-order chi connectivity index (χ0) is 27.8. The zero-order valence-electron chi connectivity index (χ0n) is 21.6. The van der Waals surface area contributed by atoms with Gasteiger partial charge in [-0.15, -0.1) is 0 Å². The molecule has 1 saturated heterocycles. The predicted molar refractivity (Wildman–Crippen MR) is 147 cm³/mol. The van der Waals surface area contributed by atoms with Crippen molar-refractivity contribution in [3.63, 3.8) is 0 Å². The zero-order valence-corrected chi connectivity index (χ0v) is 24.0. The third-order valence-electron chi connectivity index (χ3n) is 7.45. The Kier molecular flexibility index (Phi) is 8.48. The first kappa shape index (κ1) is 28.9. The number of sulfone groups is 1. The summed E-state index contributed by atoms with van der Waals surface area (Å²) in [5, 5.41) is 9.78. The summed E-state index contributed by atoms with van der Waals surface area (Å²) in [6, 6.07) is 12.7. The summed E-state index contributed by atoms with van der Waals surface area (Å²) in [6.07, 6.45) is -0.202. The maximum absolute atomic E-state index is 14.1. The van der Waals surface area contributed by atoms with E-state index in [1.165, 1.54) is 0 Å². The fraction of sp³-hybridized carbons (Fsp3) is 0.500. The van der Waals surface area contributed by atoms with E-state index in [2.05, 4.69) is 0 Å². The van der Waals surface area contributed by atoms with E-state index in [-0.39, 0.29) is 0 Å². The number of benzene rings is 2. The highest BCUT2D eigenvalue weighted by Gasteiger charge is 2.52. The van der Waals surface area contributed by atoms with Crippen LogP contribution < -0.4 is 0 Å². The van der Waals surface area contributed by atoms with Gasteiger partial charge in [0.25, 0.3) is 5.91 Å². The third-order valence-corrected chi connectivity index (χ3v) is 11.0. The van der Waals surface area contributed by atoms with E-state index in [0.29, 0.717) is 34.0 Å². The van der Waals surface area contributed by atoms with Crippen LogP contribution in [0.1, 0.15) is 76.1 Å². The number of nitrogens with zero attached hydrogens (tertiary/aromatic N) is 1. The van der Waals surface area contributed by atoms with Gasteiger partial charge < -0.3 is 14.7 Å². The Morgan fingerprint density at radius 3 is 2.29 bits per heavy atom. The van der Waals surface area contributed by atoms with Crippen LogP contribution in [0.25, 0.3) is 0 Å². The molecule has 0 unspecified atom stereocenters. The molecule has 1 saturated carbocycles. The van der Waals surface area contributed by atoms with Gasteiger partial charge in [0.2, 0.25) is 0 Å². The van der Waals surface area contributed by atoms with E-state index in [9.17, 15) is 23.1 Å². The minimum absolute atomic E-state index is 0.424. The molecule has 2 aliphatic rings. The Morgan fingerprint density at radius 1 is 1.03 bits per heavy atom. The molecule has 38 heavy (non-hydrogen) atoms. The molecule has 0 aromatic heterocycles. The van der Waals surface area contributed by atoms with Crippen molar-refractivity contribution in [1.82, 2.24) is 4.90 Å². The Bertz CT molecular complexity index is 1290. The van der Waals surface area contributed by atoms with E-state index in [0.717, 1.165) is 12.8 Å². The molecule has 1 N–H and O–H groups in total. The van der Waals surface area contributed by atoms with Crippen molar-refractivity contribution in [1.29, 1.82) is 0 Å². The lowest BCUT2D eigenvalue weighted by atomic mass is 9.86. The van der Waals surface area contributed by atoms with Gasteiger partial charge in [-0.2, -0.15) is 0 Å². The van der Waals surface area contributed by atoms with E-state index in [4.69, 9.17) is 27.9 Å². The van der Waals surface area contributed by atoms with Crippen LogP contribution in [0.15, 0.2) is 48.5 Å². The SMILES string of the molecule is CC(C)(C)S(=O)(=O)[C@H]1CCCC[C@@H]1N1C(=O)[C@@H](CC(=O)O)O[C@H](c2cccc(Cl)c2)[C@H]1c1ccc(Cl)cc1. The average molecular weight is 583 g/mol. The molecule has 2 fully saturated rings. The molecule has 4 rings (SSSR count).